The number of nitrogens with zero attached hydrogens (tertiary/aromatic N) is 1. The molecule has 1 atom stereocenters. The van der Waals surface area contributed by atoms with Crippen molar-refractivity contribution in [2.45, 2.75) is 12.5 Å². The number of thioether (sulfide) groups is 1. The van der Waals surface area contributed by atoms with Crippen molar-refractivity contribution in [3.8, 4) is 5.88 Å². The number of hydrogen-bond donors (Lipinski definition) is 2. The number of carbonyl (C=O) groups excluding carboxylic acids is 2. The second-order valence-corrected chi connectivity index (χ2v) is 7.21. The number of methoxy groups -OCH3 is 1. The first kappa shape index (κ1) is 20.3. The summed E-state index contributed by atoms with van der Waals surface area (Å²) in [7, 11) is 1.52. The average molecular weight is 438 g/mol. The van der Waals surface area contributed by atoms with E-state index in [0.717, 1.165) is 5.75 Å². The largest absolute Gasteiger partial charge is 0.481 e. The molecule has 0 spiro atoms. The Balaban J connectivity index is 2.08. The Morgan fingerprint density at radius 2 is 2.04 bits per heavy atom. The highest BCUT2D eigenvalue weighted by Crippen LogP contribution is 2.17. The molecule has 2 N–H and O–H groups in total. The van der Waals surface area contributed by atoms with Crippen LogP contribution in [0.25, 0.3) is 0 Å². The van der Waals surface area contributed by atoms with Crippen molar-refractivity contribution in [2.75, 3.05) is 24.4 Å². The van der Waals surface area contributed by atoms with E-state index in [1.165, 1.54) is 13.3 Å². The lowest BCUT2D eigenvalue weighted by molar-refractivity contribution is -0.118. The first-order valence-electron chi connectivity index (χ1n) is 7.90. The van der Waals surface area contributed by atoms with E-state index in [0.29, 0.717) is 28.0 Å². The first-order valence-corrected chi connectivity index (χ1v) is 10.1. The number of ether oxygens (including phenoxy) is 1. The molecule has 2 amide bonds. The van der Waals surface area contributed by atoms with Crippen LogP contribution >= 0.6 is 27.7 Å². The van der Waals surface area contributed by atoms with Gasteiger partial charge in [0.2, 0.25) is 11.8 Å². The van der Waals surface area contributed by atoms with Crippen LogP contribution in [0.5, 0.6) is 5.88 Å². The van der Waals surface area contributed by atoms with Crippen LogP contribution in [0.2, 0.25) is 0 Å². The van der Waals surface area contributed by atoms with Gasteiger partial charge in [0.15, 0.2) is 0 Å². The molecule has 0 aliphatic rings. The standard InChI is InChI=1S/C18H20BrN3O3S/c1-25-16-8-7-12(11-20-16)21-18(24)15(9-10-26-2)22-17(23)13-5-3-4-6-14(13)19/h3-8,11,15H,9-10H2,1-2H3,(H,21,24)(H,22,23). The van der Waals surface area contributed by atoms with E-state index in [1.54, 1.807) is 42.1 Å². The van der Waals surface area contributed by atoms with Gasteiger partial charge in [0.05, 0.1) is 24.6 Å². The second kappa shape index (κ2) is 10.2. The lowest BCUT2D eigenvalue weighted by Gasteiger charge is -2.18. The van der Waals surface area contributed by atoms with Crippen molar-refractivity contribution in [1.29, 1.82) is 0 Å². The topological polar surface area (TPSA) is 80.3 Å². The zero-order valence-corrected chi connectivity index (χ0v) is 16.9. The monoisotopic (exact) mass is 437 g/mol. The predicted octanol–water partition coefficient (Wildman–Crippen LogP) is 3.34. The molecule has 8 heteroatoms. The second-order valence-electron chi connectivity index (χ2n) is 5.37. The van der Waals surface area contributed by atoms with Gasteiger partial charge in [-0.1, -0.05) is 12.1 Å². The summed E-state index contributed by atoms with van der Waals surface area (Å²) in [5, 5.41) is 5.59. The molecule has 2 aromatic rings. The third-order valence-corrected chi connectivity index (χ3v) is 4.90. The third-order valence-electron chi connectivity index (χ3n) is 3.56. The minimum absolute atomic E-state index is 0.286. The summed E-state index contributed by atoms with van der Waals surface area (Å²) in [4.78, 5) is 29.2. The van der Waals surface area contributed by atoms with Crippen LogP contribution in [0.4, 0.5) is 5.69 Å². The van der Waals surface area contributed by atoms with Gasteiger partial charge in [-0.2, -0.15) is 11.8 Å². The summed E-state index contributed by atoms with van der Waals surface area (Å²) < 4.78 is 5.68. The van der Waals surface area contributed by atoms with Crippen molar-refractivity contribution in [3.05, 3.63) is 52.6 Å². The maximum absolute atomic E-state index is 12.6. The van der Waals surface area contributed by atoms with Crippen LogP contribution in [0, 0.1) is 0 Å². The van der Waals surface area contributed by atoms with Crippen LogP contribution in [0.3, 0.4) is 0 Å². The van der Waals surface area contributed by atoms with Gasteiger partial charge >= 0.3 is 0 Å². The molecule has 1 aromatic carbocycles. The number of carbonyl (C=O) groups is 2. The van der Waals surface area contributed by atoms with Gasteiger partial charge < -0.3 is 15.4 Å². The van der Waals surface area contributed by atoms with Crippen molar-refractivity contribution in [2.24, 2.45) is 0 Å². The number of aromatic nitrogens is 1. The number of halogens is 1. The quantitative estimate of drug-likeness (QED) is 0.661. The Morgan fingerprint density at radius 3 is 2.65 bits per heavy atom. The van der Waals surface area contributed by atoms with Crippen LogP contribution in [0.15, 0.2) is 47.1 Å². The summed E-state index contributed by atoms with van der Waals surface area (Å²) in [6, 6.07) is 9.81. The molecule has 1 heterocycles. The normalized spacial score (nSPS) is 11.5. The Labute approximate surface area is 165 Å². The van der Waals surface area contributed by atoms with E-state index in [9.17, 15) is 9.59 Å². The van der Waals surface area contributed by atoms with Crippen LogP contribution in [-0.2, 0) is 4.79 Å². The molecular weight excluding hydrogens is 418 g/mol. The fourth-order valence-corrected chi connectivity index (χ4v) is 3.13. The fraction of sp³-hybridized carbons (Fsp3) is 0.278. The fourth-order valence-electron chi connectivity index (χ4n) is 2.19. The van der Waals surface area contributed by atoms with Crippen LogP contribution < -0.4 is 15.4 Å². The number of nitrogens with one attached hydrogen (secondary N) is 2. The maximum atomic E-state index is 12.6. The third kappa shape index (κ3) is 5.74. The van der Waals surface area contributed by atoms with Crippen LogP contribution in [-0.4, -0.2) is 42.0 Å². The minimum atomic E-state index is -0.649. The summed E-state index contributed by atoms with van der Waals surface area (Å²) in [5.41, 5.74) is 1.03. The molecule has 0 bridgehead atoms. The molecule has 1 unspecified atom stereocenters. The number of pyridine rings is 1. The van der Waals surface area contributed by atoms with Gasteiger partial charge in [-0.3, -0.25) is 9.59 Å². The van der Waals surface area contributed by atoms with E-state index >= 15 is 0 Å². The summed E-state index contributed by atoms with van der Waals surface area (Å²) in [6.45, 7) is 0. The molecule has 2 rings (SSSR count). The number of hydrogen-bond acceptors (Lipinski definition) is 5. The SMILES string of the molecule is COc1ccc(NC(=O)C(CCSC)NC(=O)c2ccccc2Br)cn1. The molecule has 0 radical (unpaired) electrons. The van der Waals surface area contributed by atoms with Crippen LogP contribution in [0.1, 0.15) is 16.8 Å². The molecule has 0 saturated carbocycles. The van der Waals surface area contributed by atoms with Crippen molar-refractivity contribution >= 4 is 45.2 Å². The van der Waals surface area contributed by atoms with E-state index in [1.807, 2.05) is 12.3 Å². The lowest BCUT2D eigenvalue weighted by Crippen LogP contribution is -2.44. The minimum Gasteiger partial charge on any atom is -0.481 e. The molecule has 26 heavy (non-hydrogen) atoms. The zero-order valence-electron chi connectivity index (χ0n) is 14.5. The zero-order chi connectivity index (χ0) is 18.9. The summed E-state index contributed by atoms with van der Waals surface area (Å²) in [6.07, 6.45) is 3.99. The molecule has 1 aromatic heterocycles. The summed E-state index contributed by atoms with van der Waals surface area (Å²) in [5.74, 6) is 0.622. The Kier molecular flexibility index (Phi) is 7.93. The van der Waals surface area contributed by atoms with E-state index in [4.69, 9.17) is 4.74 Å². The smallest absolute Gasteiger partial charge is 0.253 e. The Morgan fingerprint density at radius 1 is 1.27 bits per heavy atom. The van der Waals surface area contributed by atoms with Gasteiger partial charge in [0.25, 0.3) is 5.91 Å². The highest BCUT2D eigenvalue weighted by atomic mass is 79.9. The Hall–Kier alpha value is -2.06. The van der Waals surface area contributed by atoms with Gasteiger partial charge in [-0.25, -0.2) is 4.98 Å². The maximum Gasteiger partial charge on any atom is 0.253 e. The molecular formula is C18H20BrN3O3S. The molecule has 0 saturated heterocycles. The van der Waals surface area contributed by atoms with Gasteiger partial charge in [0.1, 0.15) is 6.04 Å². The molecule has 0 fully saturated rings. The molecule has 0 aliphatic carbocycles. The Bertz CT molecular complexity index is 756. The number of benzene rings is 1. The number of amides is 2. The van der Waals surface area contributed by atoms with E-state index in [-0.39, 0.29) is 11.8 Å². The predicted molar refractivity (Wildman–Crippen MR) is 108 cm³/mol. The van der Waals surface area contributed by atoms with E-state index < -0.39 is 6.04 Å². The van der Waals surface area contributed by atoms with Crippen molar-refractivity contribution < 1.29 is 14.3 Å². The van der Waals surface area contributed by atoms with Crippen molar-refractivity contribution in [1.82, 2.24) is 10.3 Å². The highest BCUT2D eigenvalue weighted by Gasteiger charge is 2.22. The summed E-state index contributed by atoms with van der Waals surface area (Å²) >= 11 is 4.97. The van der Waals surface area contributed by atoms with Crippen molar-refractivity contribution in [3.63, 3.8) is 0 Å². The average Bonchev–Trinajstić information content (AvgIpc) is 2.65. The highest BCUT2D eigenvalue weighted by molar-refractivity contribution is 9.10. The first-order chi connectivity index (χ1) is 12.5. The lowest BCUT2D eigenvalue weighted by atomic mass is 10.1. The number of anilines is 1. The van der Waals surface area contributed by atoms with Gasteiger partial charge in [0, 0.05) is 10.5 Å². The number of rotatable bonds is 8. The molecule has 0 aliphatic heterocycles. The van der Waals surface area contributed by atoms with Gasteiger partial charge in [-0.05, 0) is 52.6 Å². The molecule has 6 nitrogen and oxygen atoms in total. The van der Waals surface area contributed by atoms with E-state index in [2.05, 4.69) is 31.5 Å². The molecule has 138 valence electrons. The van der Waals surface area contributed by atoms with Gasteiger partial charge in [-0.15, -0.1) is 0 Å².